The number of halogens is 3. The van der Waals surface area contributed by atoms with Crippen molar-refractivity contribution in [2.75, 3.05) is 11.9 Å². The van der Waals surface area contributed by atoms with E-state index in [1.807, 2.05) is 0 Å². The zero-order chi connectivity index (χ0) is 13.1. The van der Waals surface area contributed by atoms with E-state index in [2.05, 4.69) is 36.7 Å². The molecule has 0 aliphatic heterocycles. The Morgan fingerprint density at radius 1 is 1.41 bits per heavy atom. The second-order valence-corrected chi connectivity index (χ2v) is 6.13. The van der Waals surface area contributed by atoms with Gasteiger partial charge in [-0.2, -0.15) is 0 Å². The fourth-order valence-electron chi connectivity index (χ4n) is 1.33. The number of ether oxygens (including phenoxy) is 1. The Morgan fingerprint density at radius 2 is 2.06 bits per heavy atom. The van der Waals surface area contributed by atoms with Crippen molar-refractivity contribution in [3.8, 4) is 5.75 Å². The van der Waals surface area contributed by atoms with E-state index in [-0.39, 0.29) is 17.1 Å². The molecule has 0 aromatic heterocycles. The summed E-state index contributed by atoms with van der Waals surface area (Å²) in [5.41, 5.74) is 0.0984. The van der Waals surface area contributed by atoms with Gasteiger partial charge in [0.05, 0.1) is 11.6 Å². The van der Waals surface area contributed by atoms with Crippen LogP contribution in [-0.4, -0.2) is 11.9 Å². The van der Waals surface area contributed by atoms with E-state index in [0.717, 1.165) is 5.33 Å². The molecule has 0 saturated carbocycles. The third-order valence-corrected chi connectivity index (χ3v) is 3.84. The molecule has 1 aromatic rings. The maximum atomic E-state index is 13.5. The Morgan fingerprint density at radius 3 is 2.53 bits per heavy atom. The minimum atomic E-state index is -0.417. The van der Waals surface area contributed by atoms with Gasteiger partial charge in [-0.3, -0.25) is 0 Å². The predicted molar refractivity (Wildman–Crippen MR) is 73.6 cm³/mol. The molecule has 96 valence electrons. The minimum absolute atomic E-state index is 0.0984. The van der Waals surface area contributed by atoms with Crippen molar-refractivity contribution < 1.29 is 9.13 Å². The first kappa shape index (κ1) is 14.8. The van der Waals surface area contributed by atoms with Crippen LogP contribution in [0.1, 0.15) is 20.8 Å². The van der Waals surface area contributed by atoms with Crippen molar-refractivity contribution in [1.82, 2.24) is 0 Å². The number of alkyl halides is 1. The highest BCUT2D eigenvalue weighted by Gasteiger charge is 2.24. The van der Waals surface area contributed by atoms with E-state index >= 15 is 0 Å². The molecule has 1 nitrogen and oxygen atoms in total. The summed E-state index contributed by atoms with van der Waals surface area (Å²) in [5, 5.41) is 1.12. The van der Waals surface area contributed by atoms with Gasteiger partial charge < -0.3 is 4.74 Å². The summed E-state index contributed by atoms with van der Waals surface area (Å²) in [6.07, 6.45) is 0. The highest BCUT2D eigenvalue weighted by molar-refractivity contribution is 9.09. The Hall–Kier alpha value is -0.280. The fraction of sp³-hybridized carbons (Fsp3) is 0.538. The van der Waals surface area contributed by atoms with Crippen LogP contribution in [0.15, 0.2) is 18.2 Å². The third kappa shape index (κ3) is 4.14. The summed E-state index contributed by atoms with van der Waals surface area (Å²) >= 11 is 9.35. The van der Waals surface area contributed by atoms with Gasteiger partial charge in [0, 0.05) is 11.2 Å². The van der Waals surface area contributed by atoms with Gasteiger partial charge in [-0.1, -0.05) is 54.4 Å². The first-order valence-corrected chi connectivity index (χ1v) is 6.99. The topological polar surface area (TPSA) is 9.23 Å². The van der Waals surface area contributed by atoms with Gasteiger partial charge in [0.2, 0.25) is 0 Å². The largest absolute Gasteiger partial charge is 0.489 e. The van der Waals surface area contributed by atoms with Crippen molar-refractivity contribution in [2.45, 2.75) is 20.8 Å². The van der Waals surface area contributed by atoms with Crippen LogP contribution in [0.4, 0.5) is 4.39 Å². The van der Waals surface area contributed by atoms with Crippen LogP contribution in [0.5, 0.6) is 5.75 Å². The lowest BCUT2D eigenvalue weighted by Gasteiger charge is -2.29. The summed E-state index contributed by atoms with van der Waals surface area (Å²) in [4.78, 5) is 0. The number of hydrogen-bond donors (Lipinski definition) is 0. The second kappa shape index (κ2) is 6.05. The molecule has 1 unspecified atom stereocenters. The van der Waals surface area contributed by atoms with E-state index in [1.165, 1.54) is 6.07 Å². The fourth-order valence-corrected chi connectivity index (χ4v) is 2.71. The Labute approximate surface area is 115 Å². The summed E-state index contributed by atoms with van der Waals surface area (Å²) in [6, 6.07) is 4.54. The van der Waals surface area contributed by atoms with Crippen molar-refractivity contribution in [1.29, 1.82) is 0 Å². The van der Waals surface area contributed by atoms with Crippen molar-refractivity contribution in [2.24, 2.45) is 11.3 Å². The van der Waals surface area contributed by atoms with Gasteiger partial charge in [-0.25, -0.2) is 4.39 Å². The first-order chi connectivity index (χ1) is 7.86. The van der Waals surface area contributed by atoms with Gasteiger partial charge >= 0.3 is 0 Å². The summed E-state index contributed by atoms with van der Waals surface area (Å²) in [7, 11) is 0. The molecular weight excluding hydrogens is 306 g/mol. The van der Waals surface area contributed by atoms with Crippen molar-refractivity contribution in [3.63, 3.8) is 0 Å². The van der Waals surface area contributed by atoms with Crippen LogP contribution in [0.2, 0.25) is 5.02 Å². The Bertz CT molecular complexity index is 356. The number of rotatable bonds is 4. The average molecular weight is 324 g/mol. The Kier molecular flexibility index (Phi) is 5.26. The van der Waals surface area contributed by atoms with Crippen LogP contribution >= 0.6 is 27.5 Å². The minimum Gasteiger partial charge on any atom is -0.489 e. The predicted octanol–water partition coefficient (Wildman–Crippen LogP) is 4.92. The molecule has 0 aliphatic carbocycles. The zero-order valence-corrected chi connectivity index (χ0v) is 12.6. The van der Waals surface area contributed by atoms with Gasteiger partial charge in [0.25, 0.3) is 0 Å². The maximum Gasteiger partial charge on any atom is 0.173 e. The monoisotopic (exact) mass is 322 g/mol. The van der Waals surface area contributed by atoms with Crippen LogP contribution in [0.3, 0.4) is 0 Å². The summed E-state index contributed by atoms with van der Waals surface area (Å²) in [5.74, 6) is 0.0160. The molecule has 1 rings (SSSR count). The number of benzene rings is 1. The molecule has 1 atom stereocenters. The number of hydrogen-bond acceptors (Lipinski definition) is 1. The van der Waals surface area contributed by atoms with Crippen LogP contribution in [0, 0.1) is 17.2 Å². The molecule has 4 heteroatoms. The lowest BCUT2D eigenvalue weighted by Crippen LogP contribution is -2.28. The average Bonchev–Trinajstić information content (AvgIpc) is 2.20. The van der Waals surface area contributed by atoms with Crippen LogP contribution < -0.4 is 4.74 Å². The molecule has 1 aromatic carbocycles. The van der Waals surface area contributed by atoms with Gasteiger partial charge in [0.15, 0.2) is 11.6 Å². The molecule has 0 fully saturated rings. The lowest BCUT2D eigenvalue weighted by atomic mass is 9.83. The van der Waals surface area contributed by atoms with Gasteiger partial charge in [-0.05, 0) is 17.5 Å². The first-order valence-electron chi connectivity index (χ1n) is 5.49. The highest BCUT2D eigenvalue weighted by Crippen LogP contribution is 2.31. The van der Waals surface area contributed by atoms with E-state index in [9.17, 15) is 4.39 Å². The van der Waals surface area contributed by atoms with Gasteiger partial charge in [0.1, 0.15) is 0 Å². The van der Waals surface area contributed by atoms with Crippen molar-refractivity contribution >= 4 is 27.5 Å². The lowest BCUT2D eigenvalue weighted by molar-refractivity contribution is 0.162. The smallest absolute Gasteiger partial charge is 0.173 e. The van der Waals surface area contributed by atoms with E-state index < -0.39 is 5.82 Å². The Balaban J connectivity index is 2.73. The van der Waals surface area contributed by atoms with E-state index in [4.69, 9.17) is 16.3 Å². The summed E-state index contributed by atoms with van der Waals surface area (Å²) in [6.45, 7) is 6.83. The molecule has 0 bridgehead atoms. The second-order valence-electron chi connectivity index (χ2n) is 5.08. The molecule has 0 spiro atoms. The third-order valence-electron chi connectivity index (χ3n) is 2.76. The molecule has 17 heavy (non-hydrogen) atoms. The molecule has 0 radical (unpaired) electrons. The standard InChI is InChI=1S/C13H17BrClFO/c1-13(2,3)9(7-14)8-17-12-10(15)5-4-6-11(12)16/h4-6,9H,7-8H2,1-3H3. The normalized spacial score (nSPS) is 13.5. The summed E-state index contributed by atoms with van der Waals surface area (Å²) < 4.78 is 19.0. The molecule has 0 heterocycles. The molecule has 0 amide bonds. The SMILES string of the molecule is CC(C)(C)C(CBr)COc1c(F)cccc1Cl. The maximum absolute atomic E-state index is 13.5. The quantitative estimate of drug-likeness (QED) is 0.715. The molecule has 0 saturated heterocycles. The van der Waals surface area contributed by atoms with Gasteiger partial charge in [-0.15, -0.1) is 0 Å². The van der Waals surface area contributed by atoms with E-state index in [1.54, 1.807) is 12.1 Å². The molecular formula is C13H17BrClFO. The number of para-hydroxylation sites is 1. The van der Waals surface area contributed by atoms with Crippen LogP contribution in [0.25, 0.3) is 0 Å². The zero-order valence-electron chi connectivity index (χ0n) is 10.3. The molecule has 0 N–H and O–H groups in total. The molecule has 0 aliphatic rings. The van der Waals surface area contributed by atoms with Crippen molar-refractivity contribution in [3.05, 3.63) is 29.0 Å². The van der Waals surface area contributed by atoms with E-state index in [0.29, 0.717) is 11.6 Å². The highest BCUT2D eigenvalue weighted by atomic mass is 79.9. The van der Waals surface area contributed by atoms with Crippen LogP contribution in [-0.2, 0) is 0 Å².